The molecule has 3 rings (SSSR count). The van der Waals surface area contributed by atoms with Gasteiger partial charge in [0.2, 0.25) is 5.71 Å². The summed E-state index contributed by atoms with van der Waals surface area (Å²) < 4.78 is 5.76. The standard InChI is InChI=1S/C12H7BrN2O2/c13-8-6-9-11(17-12(16)14-9)15-10(8)7-4-2-1-3-5-7/h1-6H,(H,14,16). The second-order valence-electron chi connectivity index (χ2n) is 3.55. The number of fused-ring (bicyclic) bond motifs is 1. The first kappa shape index (κ1) is 10.3. The molecule has 0 spiro atoms. The van der Waals surface area contributed by atoms with Crippen LogP contribution in [0.5, 0.6) is 0 Å². The summed E-state index contributed by atoms with van der Waals surface area (Å²) in [5.74, 6) is -0.496. The van der Waals surface area contributed by atoms with Crippen molar-refractivity contribution in [2.45, 2.75) is 0 Å². The first-order chi connectivity index (χ1) is 8.24. The average Bonchev–Trinajstić information content (AvgIpc) is 2.68. The van der Waals surface area contributed by atoms with E-state index in [2.05, 4.69) is 25.9 Å². The number of nitrogens with one attached hydrogen (secondary N) is 1. The Morgan fingerprint density at radius 1 is 1.24 bits per heavy atom. The summed E-state index contributed by atoms with van der Waals surface area (Å²) in [4.78, 5) is 18.0. The molecule has 2 aromatic heterocycles. The second-order valence-corrected chi connectivity index (χ2v) is 4.41. The SMILES string of the molecule is O=c1[nH]c2cc(Br)c(-c3ccccc3)nc2o1. The van der Waals surface area contributed by atoms with Crippen molar-refractivity contribution >= 4 is 27.2 Å². The molecule has 84 valence electrons. The lowest BCUT2D eigenvalue weighted by atomic mass is 10.1. The Hall–Kier alpha value is -1.88. The highest BCUT2D eigenvalue weighted by molar-refractivity contribution is 9.10. The predicted molar refractivity (Wildman–Crippen MR) is 67.8 cm³/mol. The maximum absolute atomic E-state index is 11.1. The molecule has 5 heteroatoms. The van der Waals surface area contributed by atoms with Crippen LogP contribution in [0.15, 0.2) is 50.1 Å². The van der Waals surface area contributed by atoms with Gasteiger partial charge in [0, 0.05) is 10.0 Å². The minimum absolute atomic E-state index is 0.317. The zero-order chi connectivity index (χ0) is 11.8. The van der Waals surface area contributed by atoms with E-state index in [0.717, 1.165) is 15.7 Å². The molecule has 3 aromatic rings. The van der Waals surface area contributed by atoms with Crippen LogP contribution in [0, 0.1) is 0 Å². The molecule has 0 saturated carbocycles. The molecule has 17 heavy (non-hydrogen) atoms. The van der Waals surface area contributed by atoms with Gasteiger partial charge in [-0.25, -0.2) is 9.78 Å². The van der Waals surface area contributed by atoms with Gasteiger partial charge in [-0.1, -0.05) is 30.3 Å². The molecule has 0 radical (unpaired) electrons. The van der Waals surface area contributed by atoms with Crippen LogP contribution in [0.1, 0.15) is 0 Å². The lowest BCUT2D eigenvalue weighted by Gasteiger charge is -2.02. The van der Waals surface area contributed by atoms with Crippen molar-refractivity contribution in [3.63, 3.8) is 0 Å². The van der Waals surface area contributed by atoms with E-state index in [0.29, 0.717) is 11.2 Å². The van der Waals surface area contributed by atoms with E-state index in [1.54, 1.807) is 6.07 Å². The summed E-state index contributed by atoms with van der Waals surface area (Å²) in [6, 6.07) is 11.5. The Morgan fingerprint density at radius 3 is 2.76 bits per heavy atom. The van der Waals surface area contributed by atoms with Gasteiger partial charge < -0.3 is 4.42 Å². The molecule has 0 unspecified atom stereocenters. The number of halogens is 1. The van der Waals surface area contributed by atoms with Gasteiger partial charge in [0.15, 0.2) is 0 Å². The predicted octanol–water partition coefficient (Wildman–Crippen LogP) is 2.95. The van der Waals surface area contributed by atoms with Gasteiger partial charge >= 0.3 is 5.76 Å². The molecule has 0 fully saturated rings. The first-order valence-electron chi connectivity index (χ1n) is 4.99. The molecule has 0 bridgehead atoms. The molecule has 0 aliphatic carbocycles. The Kier molecular flexibility index (Phi) is 2.33. The smallest absolute Gasteiger partial charge is 0.389 e. The molecule has 1 aromatic carbocycles. The molecule has 0 saturated heterocycles. The van der Waals surface area contributed by atoms with Crippen LogP contribution in [0.3, 0.4) is 0 Å². The molecule has 0 atom stereocenters. The number of hydrogen-bond donors (Lipinski definition) is 1. The van der Waals surface area contributed by atoms with E-state index in [9.17, 15) is 4.79 Å². The van der Waals surface area contributed by atoms with Crippen LogP contribution < -0.4 is 5.76 Å². The number of benzene rings is 1. The minimum Gasteiger partial charge on any atom is -0.389 e. The fourth-order valence-corrected chi connectivity index (χ4v) is 2.21. The Bertz CT molecular complexity index is 731. The fraction of sp³-hybridized carbons (Fsp3) is 0. The van der Waals surface area contributed by atoms with E-state index in [1.165, 1.54) is 0 Å². The van der Waals surface area contributed by atoms with Crippen LogP contribution in [0.25, 0.3) is 22.5 Å². The Balaban J connectivity index is 2.30. The third kappa shape index (κ3) is 1.78. The van der Waals surface area contributed by atoms with Crippen LogP contribution in [-0.4, -0.2) is 9.97 Å². The molecular weight excluding hydrogens is 284 g/mol. The van der Waals surface area contributed by atoms with Crippen LogP contribution in [-0.2, 0) is 0 Å². The number of rotatable bonds is 1. The average molecular weight is 291 g/mol. The highest BCUT2D eigenvalue weighted by Crippen LogP contribution is 2.28. The van der Waals surface area contributed by atoms with E-state index in [-0.39, 0.29) is 0 Å². The third-order valence-electron chi connectivity index (χ3n) is 2.41. The van der Waals surface area contributed by atoms with Crippen molar-refractivity contribution in [2.75, 3.05) is 0 Å². The summed E-state index contributed by atoms with van der Waals surface area (Å²) >= 11 is 3.44. The second kappa shape index (κ2) is 3.85. The van der Waals surface area contributed by atoms with E-state index >= 15 is 0 Å². The number of oxazole rings is 1. The van der Waals surface area contributed by atoms with Gasteiger partial charge in [0.25, 0.3) is 0 Å². The number of nitrogens with zero attached hydrogens (tertiary/aromatic N) is 1. The largest absolute Gasteiger partial charge is 0.418 e. The van der Waals surface area contributed by atoms with Crippen molar-refractivity contribution in [3.05, 3.63) is 51.4 Å². The topological polar surface area (TPSA) is 58.9 Å². The number of aromatic nitrogens is 2. The van der Waals surface area contributed by atoms with Crippen LogP contribution in [0.2, 0.25) is 0 Å². The molecule has 1 N–H and O–H groups in total. The zero-order valence-electron chi connectivity index (χ0n) is 8.61. The van der Waals surface area contributed by atoms with Gasteiger partial charge in [-0.05, 0) is 22.0 Å². The first-order valence-corrected chi connectivity index (χ1v) is 5.78. The maximum atomic E-state index is 11.1. The fourth-order valence-electron chi connectivity index (χ4n) is 1.66. The summed E-state index contributed by atoms with van der Waals surface area (Å²) in [6.07, 6.45) is 0. The molecule has 2 heterocycles. The number of aromatic amines is 1. The van der Waals surface area contributed by atoms with Crippen molar-refractivity contribution in [1.82, 2.24) is 9.97 Å². The zero-order valence-corrected chi connectivity index (χ0v) is 10.2. The van der Waals surface area contributed by atoms with E-state index in [1.807, 2.05) is 30.3 Å². The quantitative estimate of drug-likeness (QED) is 0.750. The van der Waals surface area contributed by atoms with Crippen LogP contribution in [0.4, 0.5) is 0 Å². The van der Waals surface area contributed by atoms with Gasteiger partial charge in [0.1, 0.15) is 5.52 Å². The van der Waals surface area contributed by atoms with Crippen molar-refractivity contribution in [2.24, 2.45) is 0 Å². The molecule has 4 nitrogen and oxygen atoms in total. The highest BCUT2D eigenvalue weighted by Gasteiger charge is 2.10. The molecule has 0 aliphatic heterocycles. The lowest BCUT2D eigenvalue weighted by Crippen LogP contribution is -1.92. The highest BCUT2D eigenvalue weighted by atomic mass is 79.9. The number of pyridine rings is 1. The van der Waals surface area contributed by atoms with Crippen molar-refractivity contribution < 1.29 is 4.42 Å². The summed E-state index contributed by atoms with van der Waals surface area (Å²) in [5, 5.41) is 0. The van der Waals surface area contributed by atoms with Crippen molar-refractivity contribution in [1.29, 1.82) is 0 Å². The number of H-pyrrole nitrogens is 1. The third-order valence-corrected chi connectivity index (χ3v) is 3.02. The number of hydrogen-bond acceptors (Lipinski definition) is 3. The maximum Gasteiger partial charge on any atom is 0.418 e. The van der Waals surface area contributed by atoms with Gasteiger partial charge in [-0.2, -0.15) is 0 Å². The summed E-state index contributed by atoms with van der Waals surface area (Å²) in [6.45, 7) is 0. The minimum atomic E-state index is -0.496. The van der Waals surface area contributed by atoms with Crippen molar-refractivity contribution in [3.8, 4) is 11.3 Å². The summed E-state index contributed by atoms with van der Waals surface area (Å²) in [5.41, 5.74) is 2.62. The van der Waals surface area contributed by atoms with Gasteiger partial charge in [-0.15, -0.1) is 0 Å². The summed E-state index contributed by atoms with van der Waals surface area (Å²) in [7, 11) is 0. The monoisotopic (exact) mass is 290 g/mol. The molecular formula is C12H7BrN2O2. The van der Waals surface area contributed by atoms with Crippen LogP contribution >= 0.6 is 15.9 Å². The van der Waals surface area contributed by atoms with Gasteiger partial charge in [-0.3, -0.25) is 4.98 Å². The van der Waals surface area contributed by atoms with E-state index in [4.69, 9.17) is 4.42 Å². The lowest BCUT2D eigenvalue weighted by molar-refractivity contribution is 0.546. The van der Waals surface area contributed by atoms with E-state index < -0.39 is 5.76 Å². The Morgan fingerprint density at radius 2 is 2.00 bits per heavy atom. The molecule has 0 amide bonds. The normalized spacial score (nSPS) is 10.9. The Labute approximate surface area is 104 Å². The van der Waals surface area contributed by atoms with Gasteiger partial charge in [0.05, 0.1) is 5.69 Å². The molecule has 0 aliphatic rings.